The summed E-state index contributed by atoms with van der Waals surface area (Å²) < 4.78 is 129. The fourth-order valence-corrected chi connectivity index (χ4v) is 7.63. The maximum atomic E-state index is 15.2. The number of Topliss-reactive ketones (excluding diaryl/α,β-unsaturated/α-hetero) is 1. The summed E-state index contributed by atoms with van der Waals surface area (Å²) in [4.78, 5) is 30.7. The van der Waals surface area contributed by atoms with E-state index in [0.29, 0.717) is 22.0 Å². The first-order chi connectivity index (χ1) is 23.8. The Bertz CT molecular complexity index is 2400. The van der Waals surface area contributed by atoms with Gasteiger partial charge in [0.15, 0.2) is 17.1 Å². The number of aromatic amines is 1. The van der Waals surface area contributed by atoms with E-state index in [1.54, 1.807) is 13.0 Å². The van der Waals surface area contributed by atoms with Crippen molar-refractivity contribution in [3.8, 4) is 11.1 Å². The molecule has 0 unspecified atom stereocenters. The summed E-state index contributed by atoms with van der Waals surface area (Å²) in [6.45, 7) is 0.586. The van der Waals surface area contributed by atoms with Crippen LogP contribution < -0.4 is 10.4 Å². The van der Waals surface area contributed by atoms with Crippen LogP contribution in [0.1, 0.15) is 58.6 Å². The van der Waals surface area contributed by atoms with E-state index in [-0.39, 0.29) is 41.0 Å². The number of nitrogens with zero attached hydrogens (tertiary/aromatic N) is 5. The summed E-state index contributed by atoms with van der Waals surface area (Å²) >= 11 is 0. The minimum absolute atomic E-state index is 0.0234. The van der Waals surface area contributed by atoms with E-state index in [9.17, 15) is 40.0 Å². The molecule has 1 fully saturated rings. The average molecular weight is 738 g/mol. The summed E-state index contributed by atoms with van der Waals surface area (Å²) in [6.07, 6.45) is -4.03. The van der Waals surface area contributed by atoms with Crippen LogP contribution in [0, 0.1) is 24.5 Å². The van der Waals surface area contributed by atoms with Gasteiger partial charge in [-0.3, -0.25) is 19.2 Å². The Morgan fingerprint density at radius 3 is 2.49 bits per heavy atom. The SMILES string of the molecule is Cc1c(-c2cc(NS(C)(=O)=O)cnc2[C@@H](CC(=O)Cn2nc(C(F)(F)F)c3c2C(F)(F)[C@@H]2C[C@H]32)Cc2cc(F)cc(F)c2)ccc2n[nH]c(=O)n12. The number of nitrogens with one attached hydrogen (secondary N) is 2. The number of alkyl halides is 5. The molecule has 0 aliphatic heterocycles. The van der Waals surface area contributed by atoms with Crippen molar-refractivity contribution in [2.75, 3.05) is 11.0 Å². The minimum Gasteiger partial charge on any atom is -0.298 e. The van der Waals surface area contributed by atoms with Crippen LogP contribution in [0.5, 0.6) is 0 Å². The van der Waals surface area contributed by atoms with Crippen molar-refractivity contribution in [3.63, 3.8) is 0 Å². The highest BCUT2D eigenvalue weighted by Gasteiger charge is 2.68. The predicted molar refractivity (Wildman–Crippen MR) is 167 cm³/mol. The van der Waals surface area contributed by atoms with E-state index in [0.717, 1.165) is 24.6 Å². The number of hydrogen-bond donors (Lipinski definition) is 2. The van der Waals surface area contributed by atoms with Crippen molar-refractivity contribution in [2.24, 2.45) is 5.92 Å². The zero-order valence-electron chi connectivity index (χ0n) is 26.5. The number of pyridine rings is 2. The molecule has 2 aliphatic rings. The second-order valence-corrected chi connectivity index (χ2v) is 14.6. The van der Waals surface area contributed by atoms with E-state index in [4.69, 9.17) is 0 Å². The molecule has 19 heteroatoms. The molecule has 51 heavy (non-hydrogen) atoms. The summed E-state index contributed by atoms with van der Waals surface area (Å²) in [7, 11) is -3.84. The Labute approximate surface area is 283 Å². The molecule has 4 aromatic heterocycles. The van der Waals surface area contributed by atoms with E-state index in [1.807, 2.05) is 0 Å². The number of H-pyrrole nitrogens is 1. The molecule has 1 aromatic carbocycles. The molecule has 2 N–H and O–H groups in total. The van der Waals surface area contributed by atoms with Gasteiger partial charge in [0.2, 0.25) is 10.0 Å². The normalized spacial score (nSPS) is 18.5. The lowest BCUT2D eigenvalue weighted by Crippen LogP contribution is -2.24. The zero-order valence-corrected chi connectivity index (χ0v) is 27.3. The summed E-state index contributed by atoms with van der Waals surface area (Å²) in [5.41, 5.74) is -2.52. The van der Waals surface area contributed by atoms with E-state index >= 15 is 8.78 Å². The molecular weight excluding hydrogens is 711 g/mol. The van der Waals surface area contributed by atoms with Crippen LogP contribution >= 0.6 is 0 Å². The Hall–Kier alpha value is -5.07. The van der Waals surface area contributed by atoms with Gasteiger partial charge >= 0.3 is 11.9 Å². The number of aromatic nitrogens is 6. The molecule has 3 atom stereocenters. The number of anilines is 1. The second kappa shape index (κ2) is 11.7. The number of rotatable bonds is 10. The van der Waals surface area contributed by atoms with Gasteiger partial charge in [-0.2, -0.15) is 32.1 Å². The molecule has 5 aromatic rings. The third kappa shape index (κ3) is 6.27. The number of benzene rings is 1. The molecule has 4 heterocycles. The highest BCUT2D eigenvalue weighted by atomic mass is 32.2. The molecular formula is C32H26F7N7O4S. The van der Waals surface area contributed by atoms with Crippen LogP contribution in [0.3, 0.4) is 0 Å². The fourth-order valence-electron chi connectivity index (χ4n) is 7.09. The molecule has 11 nitrogen and oxygen atoms in total. The fraction of sp³-hybridized carbons (Fsp3) is 0.344. The number of hydrogen-bond acceptors (Lipinski definition) is 7. The van der Waals surface area contributed by atoms with Crippen LogP contribution in [0.15, 0.2) is 47.4 Å². The lowest BCUT2D eigenvalue weighted by atomic mass is 9.86. The number of carbonyl (C=O) groups is 1. The van der Waals surface area contributed by atoms with Crippen molar-refractivity contribution in [2.45, 2.75) is 56.7 Å². The van der Waals surface area contributed by atoms with Crippen molar-refractivity contribution < 1.29 is 43.9 Å². The average Bonchev–Trinajstić information content (AvgIpc) is 3.49. The van der Waals surface area contributed by atoms with Gasteiger partial charge in [-0.05, 0) is 61.6 Å². The van der Waals surface area contributed by atoms with Crippen LogP contribution in [-0.2, 0) is 39.9 Å². The molecule has 2 aliphatic carbocycles. The highest BCUT2D eigenvalue weighted by molar-refractivity contribution is 7.92. The number of ketones is 1. The van der Waals surface area contributed by atoms with Crippen LogP contribution in [-0.4, -0.2) is 49.8 Å². The monoisotopic (exact) mass is 737 g/mol. The molecule has 7 rings (SSSR count). The van der Waals surface area contributed by atoms with Crippen LogP contribution in [0.25, 0.3) is 16.8 Å². The first-order valence-corrected chi connectivity index (χ1v) is 17.3. The molecule has 0 amide bonds. The van der Waals surface area contributed by atoms with Gasteiger partial charge in [0.1, 0.15) is 23.9 Å². The first-order valence-electron chi connectivity index (χ1n) is 15.4. The standard InChI is InChI=1S/C32H26F7N7O4S/c1-14-21(3-4-25-41-42-30(48)46(14)25)22-10-19(44-51(2,49)50)12-40-27(22)16(5-15-6-17(33)9-18(34)7-15)8-20(47)13-45-29-26(28(43-45)32(37,38)39)23-11-24(23)31(29,35)36/h3-4,6-7,9-10,12,16,23-24,44H,5,8,11,13H2,1-2H3,(H,42,48)/t16-,23+,24-/m1/s1. The number of halogens is 7. The topological polar surface area (TPSA) is 144 Å². The smallest absolute Gasteiger partial charge is 0.298 e. The van der Waals surface area contributed by atoms with Crippen molar-refractivity contribution >= 4 is 27.1 Å². The zero-order chi connectivity index (χ0) is 36.8. The lowest BCUT2D eigenvalue weighted by Gasteiger charge is -2.22. The van der Waals surface area contributed by atoms with Crippen LogP contribution in [0.4, 0.5) is 36.4 Å². The molecule has 268 valence electrons. The number of fused-ring (bicyclic) bond motifs is 4. The minimum atomic E-state index is -5.05. The van der Waals surface area contributed by atoms with Crippen LogP contribution in [0.2, 0.25) is 0 Å². The predicted octanol–water partition coefficient (Wildman–Crippen LogP) is 5.45. The van der Waals surface area contributed by atoms with E-state index < -0.39 is 92.9 Å². The van der Waals surface area contributed by atoms with Gasteiger partial charge in [0.05, 0.1) is 23.8 Å². The van der Waals surface area contributed by atoms with Gasteiger partial charge in [0.25, 0.3) is 5.92 Å². The van der Waals surface area contributed by atoms with Crippen molar-refractivity contribution in [1.82, 2.24) is 29.4 Å². The Kier molecular flexibility index (Phi) is 7.92. The largest absolute Gasteiger partial charge is 0.435 e. The van der Waals surface area contributed by atoms with Gasteiger partial charge < -0.3 is 0 Å². The third-order valence-corrected chi connectivity index (χ3v) is 9.73. The first kappa shape index (κ1) is 34.4. The summed E-state index contributed by atoms with van der Waals surface area (Å²) in [5, 5.41) is 9.66. The van der Waals surface area contributed by atoms with Gasteiger partial charge in [-0.1, -0.05) is 0 Å². The molecule has 0 radical (unpaired) electrons. The van der Waals surface area contributed by atoms with Crippen molar-refractivity contribution in [1.29, 1.82) is 0 Å². The van der Waals surface area contributed by atoms with Gasteiger partial charge in [-0.25, -0.2) is 31.5 Å². The number of sulfonamides is 1. The van der Waals surface area contributed by atoms with Crippen molar-refractivity contribution in [3.05, 3.63) is 98.6 Å². The van der Waals surface area contributed by atoms with E-state index in [2.05, 4.69) is 25.0 Å². The lowest BCUT2D eigenvalue weighted by molar-refractivity contribution is -0.142. The molecule has 0 spiro atoms. The Balaban J connectivity index is 1.34. The molecule has 1 saturated carbocycles. The Morgan fingerprint density at radius 2 is 1.82 bits per heavy atom. The summed E-state index contributed by atoms with van der Waals surface area (Å²) in [6, 6.07) is 7.03. The quantitative estimate of drug-likeness (QED) is 0.182. The Morgan fingerprint density at radius 1 is 1.12 bits per heavy atom. The van der Waals surface area contributed by atoms with E-state index in [1.165, 1.54) is 16.5 Å². The number of aryl methyl sites for hydroxylation is 1. The number of carbonyl (C=O) groups excluding carboxylic acids is 1. The maximum Gasteiger partial charge on any atom is 0.435 e. The second-order valence-electron chi connectivity index (χ2n) is 12.8. The van der Waals surface area contributed by atoms with Gasteiger partial charge in [0, 0.05) is 46.7 Å². The molecule has 0 saturated heterocycles. The third-order valence-electron chi connectivity index (χ3n) is 9.13. The van der Waals surface area contributed by atoms with Gasteiger partial charge in [-0.15, -0.1) is 0 Å². The molecule has 0 bridgehead atoms. The summed E-state index contributed by atoms with van der Waals surface area (Å²) in [5.74, 6) is -9.84. The maximum absolute atomic E-state index is 15.2. The highest BCUT2D eigenvalue weighted by Crippen LogP contribution is 2.68.